The number of hydrogen-bond acceptors (Lipinski definition) is 5. The Hall–Kier alpha value is -2.32. The SMILES string of the molecule is CCCOc1c(CNn2c(-c3ccccc3)n[nH]c2=S)cc(Br)cc1OC. The van der Waals surface area contributed by atoms with E-state index in [0.29, 0.717) is 23.7 Å². The maximum Gasteiger partial charge on any atom is 0.214 e. The molecular formula is C19H21BrN4O2S. The molecule has 0 amide bonds. The van der Waals surface area contributed by atoms with Gasteiger partial charge in [0.2, 0.25) is 4.77 Å². The number of hydrogen-bond donors (Lipinski definition) is 2. The molecule has 0 aliphatic carbocycles. The van der Waals surface area contributed by atoms with Crippen molar-refractivity contribution in [2.45, 2.75) is 19.9 Å². The summed E-state index contributed by atoms with van der Waals surface area (Å²) in [5.41, 5.74) is 5.25. The fourth-order valence-corrected chi connectivity index (χ4v) is 3.34. The van der Waals surface area contributed by atoms with Crippen LogP contribution in [0.4, 0.5) is 0 Å². The number of benzene rings is 2. The van der Waals surface area contributed by atoms with Crippen LogP contribution in [0.25, 0.3) is 11.4 Å². The van der Waals surface area contributed by atoms with E-state index in [1.807, 2.05) is 42.5 Å². The first-order chi connectivity index (χ1) is 13.1. The number of halogens is 1. The summed E-state index contributed by atoms with van der Waals surface area (Å²) in [6.07, 6.45) is 0.914. The Labute approximate surface area is 171 Å². The third kappa shape index (κ3) is 4.51. The number of nitrogens with one attached hydrogen (secondary N) is 2. The highest BCUT2D eigenvalue weighted by molar-refractivity contribution is 9.10. The van der Waals surface area contributed by atoms with Gasteiger partial charge in [-0.15, -0.1) is 0 Å². The van der Waals surface area contributed by atoms with Crippen molar-refractivity contribution in [3.63, 3.8) is 0 Å². The number of nitrogens with zero attached hydrogens (tertiary/aromatic N) is 2. The van der Waals surface area contributed by atoms with Crippen LogP contribution >= 0.6 is 28.1 Å². The molecule has 2 N–H and O–H groups in total. The average Bonchev–Trinajstić information content (AvgIpc) is 3.06. The van der Waals surface area contributed by atoms with Gasteiger partial charge in [-0.25, -0.2) is 9.77 Å². The van der Waals surface area contributed by atoms with E-state index in [0.717, 1.165) is 33.6 Å². The molecule has 1 heterocycles. The number of aromatic amines is 1. The molecule has 3 rings (SSSR count). The minimum atomic E-state index is 0.489. The van der Waals surface area contributed by atoms with E-state index < -0.39 is 0 Å². The van der Waals surface area contributed by atoms with Crippen LogP contribution < -0.4 is 14.9 Å². The molecule has 2 aromatic carbocycles. The van der Waals surface area contributed by atoms with Gasteiger partial charge in [-0.3, -0.25) is 0 Å². The highest BCUT2D eigenvalue weighted by Crippen LogP contribution is 2.35. The van der Waals surface area contributed by atoms with Gasteiger partial charge in [-0.05, 0) is 30.8 Å². The molecule has 0 aliphatic heterocycles. The number of rotatable bonds is 8. The first-order valence-corrected chi connectivity index (χ1v) is 9.80. The van der Waals surface area contributed by atoms with Gasteiger partial charge in [-0.1, -0.05) is 53.2 Å². The predicted octanol–water partition coefficient (Wildman–Crippen LogP) is 4.91. The third-order valence-corrected chi connectivity index (χ3v) is 4.63. The molecule has 27 heavy (non-hydrogen) atoms. The van der Waals surface area contributed by atoms with Crippen molar-refractivity contribution in [2.24, 2.45) is 0 Å². The van der Waals surface area contributed by atoms with Crippen molar-refractivity contribution in [1.29, 1.82) is 0 Å². The Balaban J connectivity index is 1.91. The Kier molecular flexibility index (Phi) is 6.52. The van der Waals surface area contributed by atoms with Gasteiger partial charge in [0.15, 0.2) is 17.3 Å². The Morgan fingerprint density at radius 3 is 2.74 bits per heavy atom. The molecule has 142 valence electrons. The first-order valence-electron chi connectivity index (χ1n) is 8.60. The molecule has 0 unspecified atom stereocenters. The number of ether oxygens (including phenoxy) is 2. The topological polar surface area (TPSA) is 64.1 Å². The minimum Gasteiger partial charge on any atom is -0.493 e. The lowest BCUT2D eigenvalue weighted by atomic mass is 10.2. The van der Waals surface area contributed by atoms with Gasteiger partial charge in [0.1, 0.15) is 0 Å². The van der Waals surface area contributed by atoms with Gasteiger partial charge < -0.3 is 14.9 Å². The summed E-state index contributed by atoms with van der Waals surface area (Å²) < 4.78 is 14.6. The van der Waals surface area contributed by atoms with E-state index in [1.165, 1.54) is 0 Å². The number of aromatic nitrogens is 3. The van der Waals surface area contributed by atoms with Crippen molar-refractivity contribution < 1.29 is 9.47 Å². The highest BCUT2D eigenvalue weighted by Gasteiger charge is 2.14. The fraction of sp³-hybridized carbons (Fsp3) is 0.263. The van der Waals surface area contributed by atoms with Crippen LogP contribution in [0.5, 0.6) is 11.5 Å². The molecular weight excluding hydrogens is 428 g/mol. The van der Waals surface area contributed by atoms with Gasteiger partial charge in [0.05, 0.1) is 20.3 Å². The molecule has 0 atom stereocenters. The average molecular weight is 449 g/mol. The van der Waals surface area contributed by atoms with Crippen LogP contribution in [-0.4, -0.2) is 28.6 Å². The zero-order valence-electron chi connectivity index (χ0n) is 15.2. The highest BCUT2D eigenvalue weighted by atomic mass is 79.9. The molecule has 0 spiro atoms. The molecule has 3 aromatic rings. The number of methoxy groups -OCH3 is 1. The summed E-state index contributed by atoms with van der Waals surface area (Å²) in [5.74, 6) is 2.14. The summed E-state index contributed by atoms with van der Waals surface area (Å²) in [6.45, 7) is 3.17. The zero-order chi connectivity index (χ0) is 19.2. The third-order valence-electron chi connectivity index (χ3n) is 3.90. The lowest BCUT2D eigenvalue weighted by Gasteiger charge is -2.17. The molecule has 6 nitrogen and oxygen atoms in total. The Morgan fingerprint density at radius 1 is 1.26 bits per heavy atom. The first kappa shape index (κ1) is 19.4. The monoisotopic (exact) mass is 448 g/mol. The van der Waals surface area contributed by atoms with Crippen LogP contribution in [0.3, 0.4) is 0 Å². The maximum absolute atomic E-state index is 5.93. The van der Waals surface area contributed by atoms with Gasteiger partial charge >= 0.3 is 0 Å². The summed E-state index contributed by atoms with van der Waals surface area (Å²) in [6, 6.07) is 13.8. The molecule has 0 saturated heterocycles. The number of H-pyrrole nitrogens is 1. The van der Waals surface area contributed by atoms with Crippen molar-refractivity contribution in [1.82, 2.24) is 14.9 Å². The van der Waals surface area contributed by atoms with Crippen LogP contribution in [0.1, 0.15) is 18.9 Å². The van der Waals surface area contributed by atoms with Gasteiger partial charge in [-0.2, -0.15) is 5.10 Å². The fourth-order valence-electron chi connectivity index (χ4n) is 2.66. The lowest BCUT2D eigenvalue weighted by Crippen LogP contribution is -2.17. The van der Waals surface area contributed by atoms with E-state index >= 15 is 0 Å². The second-order valence-corrected chi connectivity index (χ2v) is 7.14. The molecule has 0 radical (unpaired) electrons. The van der Waals surface area contributed by atoms with Crippen LogP contribution in [-0.2, 0) is 6.54 Å². The van der Waals surface area contributed by atoms with E-state index in [2.05, 4.69) is 38.5 Å². The molecule has 0 aliphatic rings. The summed E-state index contributed by atoms with van der Waals surface area (Å²) in [5, 5.41) is 7.18. The quantitative estimate of drug-likeness (QED) is 0.479. The van der Waals surface area contributed by atoms with Crippen LogP contribution in [0.2, 0.25) is 0 Å². The Morgan fingerprint density at radius 2 is 2.04 bits per heavy atom. The molecule has 8 heteroatoms. The molecule has 0 saturated carbocycles. The predicted molar refractivity (Wildman–Crippen MR) is 112 cm³/mol. The van der Waals surface area contributed by atoms with E-state index in [9.17, 15) is 0 Å². The molecule has 1 aromatic heterocycles. The van der Waals surface area contributed by atoms with Gasteiger partial charge in [0.25, 0.3) is 0 Å². The second-order valence-electron chi connectivity index (χ2n) is 5.83. The van der Waals surface area contributed by atoms with Gasteiger partial charge in [0, 0.05) is 15.6 Å². The molecule has 0 fully saturated rings. The van der Waals surface area contributed by atoms with Crippen LogP contribution in [0, 0.1) is 4.77 Å². The minimum absolute atomic E-state index is 0.489. The van der Waals surface area contributed by atoms with E-state index in [4.69, 9.17) is 21.7 Å². The summed E-state index contributed by atoms with van der Waals surface area (Å²) >= 11 is 8.91. The van der Waals surface area contributed by atoms with Crippen LogP contribution in [0.15, 0.2) is 46.9 Å². The largest absolute Gasteiger partial charge is 0.493 e. The smallest absolute Gasteiger partial charge is 0.214 e. The van der Waals surface area contributed by atoms with Crippen molar-refractivity contribution in [3.05, 3.63) is 57.3 Å². The standard InChI is InChI=1S/C19H21BrN4O2S/c1-3-9-26-17-14(10-15(20)11-16(17)25-2)12-21-24-18(22-23-19(24)27)13-7-5-4-6-8-13/h4-8,10-11,21H,3,9,12H2,1-2H3,(H,23,27). The lowest BCUT2D eigenvalue weighted by molar-refractivity contribution is 0.291. The maximum atomic E-state index is 5.93. The summed E-state index contributed by atoms with van der Waals surface area (Å²) in [4.78, 5) is 0. The second kappa shape index (κ2) is 9.05. The normalized spacial score (nSPS) is 10.6. The van der Waals surface area contributed by atoms with Crippen molar-refractivity contribution in [2.75, 3.05) is 19.1 Å². The van der Waals surface area contributed by atoms with E-state index in [-0.39, 0.29) is 0 Å². The van der Waals surface area contributed by atoms with Crippen molar-refractivity contribution >= 4 is 28.1 Å². The van der Waals surface area contributed by atoms with E-state index in [1.54, 1.807) is 11.8 Å². The zero-order valence-corrected chi connectivity index (χ0v) is 17.6. The van der Waals surface area contributed by atoms with Crippen molar-refractivity contribution in [3.8, 4) is 22.9 Å². The summed E-state index contributed by atoms with van der Waals surface area (Å²) in [7, 11) is 1.64. The molecule has 0 bridgehead atoms. The Bertz CT molecular complexity index is 956.